The molecule has 2 N–H and O–H groups in total. The lowest BCUT2D eigenvalue weighted by atomic mass is 10.1. The summed E-state index contributed by atoms with van der Waals surface area (Å²) in [7, 11) is 0. The summed E-state index contributed by atoms with van der Waals surface area (Å²) in [5.41, 5.74) is -1.67. The molecule has 0 spiro atoms. The van der Waals surface area contributed by atoms with Crippen molar-refractivity contribution >= 4 is 16.9 Å². The number of halogens is 3. The van der Waals surface area contributed by atoms with Crippen LogP contribution in [-0.2, 0) is 10.9 Å². The second kappa shape index (κ2) is 4.49. The third-order valence-electron chi connectivity index (χ3n) is 2.59. The highest BCUT2D eigenvalue weighted by molar-refractivity contribution is 6.01. The molecule has 0 aliphatic heterocycles. The van der Waals surface area contributed by atoms with Gasteiger partial charge in [0.15, 0.2) is 11.4 Å². The van der Waals surface area contributed by atoms with Crippen LogP contribution in [0.5, 0.6) is 5.75 Å². The van der Waals surface area contributed by atoms with Crippen molar-refractivity contribution in [3.05, 3.63) is 29.5 Å². The Morgan fingerprint density at radius 3 is 2.68 bits per heavy atom. The fourth-order valence-corrected chi connectivity index (χ4v) is 1.79. The summed E-state index contributed by atoms with van der Waals surface area (Å²) >= 11 is 0. The summed E-state index contributed by atoms with van der Waals surface area (Å²) in [6, 6.07) is 3.32. The molecule has 4 nitrogen and oxygen atoms in total. The standard InChI is InChI=1S/C12H10F3NO3/c1-2-19-11(18)9-10(17)6-4-3-5-7(8(6)16-9)12(13,14)15/h3-5,16-17H,2H2,1H3. The minimum atomic E-state index is -4.58. The van der Waals surface area contributed by atoms with Crippen molar-refractivity contribution in [1.82, 2.24) is 4.98 Å². The maximum Gasteiger partial charge on any atom is 0.418 e. The van der Waals surface area contributed by atoms with E-state index in [0.717, 1.165) is 12.1 Å². The fourth-order valence-electron chi connectivity index (χ4n) is 1.79. The molecule has 1 heterocycles. The van der Waals surface area contributed by atoms with Crippen LogP contribution in [0.25, 0.3) is 10.9 Å². The molecule has 2 rings (SSSR count). The van der Waals surface area contributed by atoms with E-state index in [1.807, 2.05) is 0 Å². The summed E-state index contributed by atoms with van der Waals surface area (Å²) in [4.78, 5) is 13.8. The SMILES string of the molecule is CCOC(=O)c1[nH]c2c(C(F)(F)F)cccc2c1O. The topological polar surface area (TPSA) is 62.3 Å². The zero-order chi connectivity index (χ0) is 14.2. The molecular weight excluding hydrogens is 263 g/mol. The number of carbonyl (C=O) groups is 1. The van der Waals surface area contributed by atoms with Gasteiger partial charge in [-0.3, -0.25) is 0 Å². The lowest BCUT2D eigenvalue weighted by Crippen LogP contribution is -2.07. The van der Waals surface area contributed by atoms with Gasteiger partial charge in [-0.15, -0.1) is 0 Å². The van der Waals surface area contributed by atoms with E-state index in [9.17, 15) is 23.1 Å². The maximum absolute atomic E-state index is 12.8. The molecule has 0 saturated carbocycles. The molecular formula is C12H10F3NO3. The highest BCUT2D eigenvalue weighted by Gasteiger charge is 2.34. The first-order chi connectivity index (χ1) is 8.86. The van der Waals surface area contributed by atoms with Crippen LogP contribution in [0.4, 0.5) is 13.2 Å². The maximum atomic E-state index is 12.8. The number of rotatable bonds is 2. The van der Waals surface area contributed by atoms with E-state index in [4.69, 9.17) is 0 Å². The molecule has 0 unspecified atom stereocenters. The van der Waals surface area contributed by atoms with E-state index < -0.39 is 23.5 Å². The normalized spacial score (nSPS) is 11.8. The Balaban J connectivity index is 2.66. The number of ether oxygens (including phenoxy) is 1. The van der Waals surface area contributed by atoms with E-state index >= 15 is 0 Å². The predicted molar refractivity (Wildman–Crippen MR) is 60.9 cm³/mol. The van der Waals surface area contributed by atoms with Gasteiger partial charge in [0.05, 0.1) is 17.7 Å². The predicted octanol–water partition coefficient (Wildman–Crippen LogP) is 3.07. The summed E-state index contributed by atoms with van der Waals surface area (Å²) in [6.07, 6.45) is -4.58. The van der Waals surface area contributed by atoms with Crippen molar-refractivity contribution in [2.45, 2.75) is 13.1 Å². The number of nitrogens with one attached hydrogen (secondary N) is 1. The summed E-state index contributed by atoms with van der Waals surface area (Å²) in [5.74, 6) is -1.44. The molecule has 1 aromatic carbocycles. The van der Waals surface area contributed by atoms with Crippen LogP contribution in [0.3, 0.4) is 0 Å². The molecule has 0 radical (unpaired) electrons. The van der Waals surface area contributed by atoms with E-state index in [0.29, 0.717) is 0 Å². The van der Waals surface area contributed by atoms with Gasteiger partial charge in [0.1, 0.15) is 0 Å². The Morgan fingerprint density at radius 1 is 1.42 bits per heavy atom. The van der Waals surface area contributed by atoms with Crippen LogP contribution >= 0.6 is 0 Å². The number of hydrogen-bond acceptors (Lipinski definition) is 3. The van der Waals surface area contributed by atoms with Gasteiger partial charge in [0, 0.05) is 5.39 Å². The van der Waals surface area contributed by atoms with Gasteiger partial charge in [-0.05, 0) is 19.1 Å². The number of esters is 1. The fraction of sp³-hybridized carbons (Fsp3) is 0.250. The van der Waals surface area contributed by atoms with E-state index in [-0.39, 0.29) is 23.2 Å². The van der Waals surface area contributed by atoms with E-state index in [2.05, 4.69) is 9.72 Å². The number of aromatic nitrogens is 1. The largest absolute Gasteiger partial charge is 0.505 e. The van der Waals surface area contributed by atoms with Crippen LogP contribution < -0.4 is 0 Å². The first-order valence-electron chi connectivity index (χ1n) is 5.44. The van der Waals surface area contributed by atoms with Gasteiger partial charge < -0.3 is 14.8 Å². The first kappa shape index (κ1) is 13.3. The number of benzene rings is 1. The Labute approximate surface area is 105 Å². The highest BCUT2D eigenvalue weighted by Crippen LogP contribution is 2.38. The van der Waals surface area contributed by atoms with Crippen LogP contribution in [0.1, 0.15) is 23.0 Å². The molecule has 0 atom stereocenters. The second-order valence-electron chi connectivity index (χ2n) is 3.79. The molecule has 0 aliphatic carbocycles. The third-order valence-corrected chi connectivity index (χ3v) is 2.59. The molecule has 0 bridgehead atoms. The monoisotopic (exact) mass is 273 g/mol. The van der Waals surface area contributed by atoms with Crippen molar-refractivity contribution in [2.75, 3.05) is 6.61 Å². The summed E-state index contributed by atoms with van der Waals surface area (Å²) in [6.45, 7) is 1.61. The Hall–Kier alpha value is -2.18. The number of H-pyrrole nitrogens is 1. The van der Waals surface area contributed by atoms with Gasteiger partial charge in [-0.1, -0.05) is 6.07 Å². The van der Waals surface area contributed by atoms with Gasteiger partial charge in [-0.2, -0.15) is 13.2 Å². The molecule has 7 heteroatoms. The summed E-state index contributed by atoms with van der Waals surface area (Å²) < 4.78 is 43.0. The van der Waals surface area contributed by atoms with Crippen molar-refractivity contribution in [2.24, 2.45) is 0 Å². The Bertz CT molecular complexity index is 631. The van der Waals surface area contributed by atoms with Crippen LogP contribution in [0.2, 0.25) is 0 Å². The molecule has 0 fully saturated rings. The van der Waals surface area contributed by atoms with Gasteiger partial charge in [0.25, 0.3) is 0 Å². The number of alkyl halides is 3. The number of aromatic hydroxyl groups is 1. The van der Waals surface area contributed by atoms with Crippen molar-refractivity contribution in [3.8, 4) is 5.75 Å². The number of para-hydroxylation sites is 1. The van der Waals surface area contributed by atoms with E-state index in [1.54, 1.807) is 6.92 Å². The zero-order valence-corrected chi connectivity index (χ0v) is 9.84. The number of carbonyl (C=O) groups excluding carboxylic acids is 1. The lowest BCUT2D eigenvalue weighted by Gasteiger charge is -2.07. The molecule has 0 saturated heterocycles. The van der Waals surface area contributed by atoms with Gasteiger partial charge in [0.2, 0.25) is 0 Å². The first-order valence-corrected chi connectivity index (χ1v) is 5.44. The average molecular weight is 273 g/mol. The van der Waals surface area contributed by atoms with Gasteiger partial charge >= 0.3 is 12.1 Å². The smallest absolute Gasteiger partial charge is 0.418 e. The number of fused-ring (bicyclic) bond motifs is 1. The number of hydrogen-bond donors (Lipinski definition) is 2. The highest BCUT2D eigenvalue weighted by atomic mass is 19.4. The molecule has 0 amide bonds. The van der Waals surface area contributed by atoms with E-state index in [1.165, 1.54) is 6.07 Å². The zero-order valence-electron chi connectivity index (χ0n) is 9.84. The average Bonchev–Trinajstić information content (AvgIpc) is 2.66. The minimum Gasteiger partial charge on any atom is -0.505 e. The molecule has 1 aromatic heterocycles. The minimum absolute atomic E-state index is 0.0553. The Kier molecular flexibility index (Phi) is 3.13. The second-order valence-corrected chi connectivity index (χ2v) is 3.79. The van der Waals surface area contributed by atoms with Crippen molar-refractivity contribution in [3.63, 3.8) is 0 Å². The summed E-state index contributed by atoms with van der Waals surface area (Å²) in [5, 5.41) is 9.71. The van der Waals surface area contributed by atoms with Crippen LogP contribution in [-0.4, -0.2) is 22.7 Å². The molecule has 2 aromatic rings. The van der Waals surface area contributed by atoms with Crippen LogP contribution in [0.15, 0.2) is 18.2 Å². The lowest BCUT2D eigenvalue weighted by molar-refractivity contribution is -0.136. The quantitative estimate of drug-likeness (QED) is 0.826. The molecule has 19 heavy (non-hydrogen) atoms. The van der Waals surface area contributed by atoms with Crippen molar-refractivity contribution in [1.29, 1.82) is 0 Å². The van der Waals surface area contributed by atoms with Crippen molar-refractivity contribution < 1.29 is 27.8 Å². The van der Waals surface area contributed by atoms with Gasteiger partial charge in [-0.25, -0.2) is 4.79 Å². The third kappa shape index (κ3) is 2.23. The molecule has 0 aliphatic rings. The Morgan fingerprint density at radius 2 is 2.11 bits per heavy atom. The van der Waals surface area contributed by atoms with Crippen LogP contribution in [0, 0.1) is 0 Å². The number of aromatic amines is 1. The molecule has 102 valence electrons.